The lowest BCUT2D eigenvalue weighted by Gasteiger charge is -2.35. The van der Waals surface area contributed by atoms with E-state index in [0.29, 0.717) is 12.1 Å². The van der Waals surface area contributed by atoms with Gasteiger partial charge in [0.2, 0.25) is 5.24 Å². The van der Waals surface area contributed by atoms with E-state index in [1.807, 2.05) is 6.08 Å². The number of carbonyl (C=O) groups excluding carboxylic acids is 1. The van der Waals surface area contributed by atoms with E-state index in [2.05, 4.69) is 24.1 Å². The van der Waals surface area contributed by atoms with Crippen LogP contribution in [0, 0.1) is 0 Å². The molecular weight excluding hydrogens is 200 g/mol. The molecule has 1 N–H and O–H groups in total. The van der Waals surface area contributed by atoms with Gasteiger partial charge in [0.15, 0.2) is 0 Å². The molecule has 1 aliphatic rings. The maximum Gasteiger partial charge on any atom is 0.244 e. The molecule has 0 aliphatic carbocycles. The molecule has 2 atom stereocenters. The van der Waals surface area contributed by atoms with Gasteiger partial charge in [-0.3, -0.25) is 9.69 Å². The zero-order valence-electron chi connectivity index (χ0n) is 8.66. The summed E-state index contributed by atoms with van der Waals surface area (Å²) in [6.45, 7) is 7.17. The van der Waals surface area contributed by atoms with Gasteiger partial charge in [0, 0.05) is 31.7 Å². The Labute approximate surface area is 90.1 Å². The number of hydrogen-bond donors (Lipinski definition) is 1. The molecule has 80 valence electrons. The Balaban J connectivity index is 2.33. The van der Waals surface area contributed by atoms with Gasteiger partial charge >= 0.3 is 0 Å². The predicted octanol–water partition coefficient (Wildman–Crippen LogP) is 0.990. The monoisotopic (exact) mass is 216 g/mol. The fourth-order valence-corrected chi connectivity index (χ4v) is 1.97. The van der Waals surface area contributed by atoms with Crippen LogP contribution in [-0.4, -0.2) is 41.9 Å². The first-order valence-electron chi connectivity index (χ1n) is 4.92. The molecule has 0 saturated carbocycles. The van der Waals surface area contributed by atoms with Crippen LogP contribution in [0.3, 0.4) is 0 Å². The van der Waals surface area contributed by atoms with Gasteiger partial charge < -0.3 is 5.32 Å². The second-order valence-corrected chi connectivity index (χ2v) is 4.27. The fraction of sp³-hybridized carbons (Fsp3) is 0.700. The van der Waals surface area contributed by atoms with Crippen molar-refractivity contribution in [1.82, 2.24) is 10.2 Å². The maximum absolute atomic E-state index is 10.5. The van der Waals surface area contributed by atoms with Crippen LogP contribution in [0.4, 0.5) is 0 Å². The van der Waals surface area contributed by atoms with Crippen molar-refractivity contribution in [2.45, 2.75) is 25.9 Å². The first-order valence-corrected chi connectivity index (χ1v) is 5.30. The average Bonchev–Trinajstić information content (AvgIpc) is 2.01. The minimum absolute atomic E-state index is 0.402. The highest BCUT2D eigenvalue weighted by Crippen LogP contribution is 2.03. The van der Waals surface area contributed by atoms with Crippen LogP contribution in [0.5, 0.6) is 0 Å². The van der Waals surface area contributed by atoms with Gasteiger partial charge in [-0.1, -0.05) is 6.08 Å². The van der Waals surface area contributed by atoms with Crippen molar-refractivity contribution in [2.75, 3.05) is 19.6 Å². The zero-order chi connectivity index (χ0) is 10.6. The highest BCUT2D eigenvalue weighted by atomic mass is 35.5. The molecule has 0 bridgehead atoms. The van der Waals surface area contributed by atoms with Crippen LogP contribution >= 0.6 is 11.6 Å². The van der Waals surface area contributed by atoms with Crippen LogP contribution in [0.25, 0.3) is 0 Å². The summed E-state index contributed by atoms with van der Waals surface area (Å²) in [5.74, 6) is 0. The van der Waals surface area contributed by atoms with E-state index in [-0.39, 0.29) is 0 Å². The molecule has 3 nitrogen and oxygen atoms in total. The van der Waals surface area contributed by atoms with Crippen LogP contribution < -0.4 is 5.32 Å². The van der Waals surface area contributed by atoms with Gasteiger partial charge in [0.05, 0.1) is 0 Å². The van der Waals surface area contributed by atoms with E-state index >= 15 is 0 Å². The summed E-state index contributed by atoms with van der Waals surface area (Å²) >= 11 is 5.20. The summed E-state index contributed by atoms with van der Waals surface area (Å²) < 4.78 is 0. The first-order chi connectivity index (χ1) is 6.58. The number of nitrogens with one attached hydrogen (secondary N) is 1. The second-order valence-electron chi connectivity index (χ2n) is 3.89. The Bertz CT molecular complexity index is 220. The Hall–Kier alpha value is -0.380. The summed E-state index contributed by atoms with van der Waals surface area (Å²) in [7, 11) is 0. The van der Waals surface area contributed by atoms with E-state index in [0.717, 1.165) is 19.6 Å². The average molecular weight is 217 g/mol. The highest BCUT2D eigenvalue weighted by Gasteiger charge is 2.19. The Morgan fingerprint density at radius 2 is 2.07 bits per heavy atom. The van der Waals surface area contributed by atoms with Gasteiger partial charge in [0.25, 0.3) is 0 Å². The van der Waals surface area contributed by atoms with Crippen LogP contribution in [-0.2, 0) is 4.79 Å². The van der Waals surface area contributed by atoms with Crippen molar-refractivity contribution in [1.29, 1.82) is 0 Å². The summed E-state index contributed by atoms with van der Waals surface area (Å²) in [6, 6.07) is 1.03. The van der Waals surface area contributed by atoms with E-state index in [4.69, 9.17) is 11.6 Å². The molecule has 1 saturated heterocycles. The third kappa shape index (κ3) is 4.22. The number of piperazine rings is 1. The third-order valence-corrected chi connectivity index (χ3v) is 2.37. The maximum atomic E-state index is 10.5. The number of halogens is 1. The van der Waals surface area contributed by atoms with E-state index < -0.39 is 5.24 Å². The van der Waals surface area contributed by atoms with E-state index in [9.17, 15) is 4.79 Å². The van der Waals surface area contributed by atoms with Crippen molar-refractivity contribution in [3.05, 3.63) is 12.2 Å². The molecule has 4 heteroatoms. The molecule has 0 aromatic rings. The quantitative estimate of drug-likeness (QED) is 0.564. The van der Waals surface area contributed by atoms with Crippen molar-refractivity contribution in [2.24, 2.45) is 0 Å². The van der Waals surface area contributed by atoms with Crippen molar-refractivity contribution < 1.29 is 4.79 Å². The number of carbonyl (C=O) groups is 1. The SMILES string of the molecule is C[C@@H]1CN(C/C=C/C(=O)Cl)C[C@H](C)N1. The van der Waals surface area contributed by atoms with Crippen LogP contribution in [0.1, 0.15) is 13.8 Å². The second kappa shape index (κ2) is 5.49. The molecule has 0 radical (unpaired) electrons. The number of hydrogen-bond acceptors (Lipinski definition) is 3. The van der Waals surface area contributed by atoms with E-state index in [1.54, 1.807) is 0 Å². The first kappa shape index (κ1) is 11.7. The smallest absolute Gasteiger partial charge is 0.244 e. The van der Waals surface area contributed by atoms with Gasteiger partial charge in [-0.15, -0.1) is 0 Å². The van der Waals surface area contributed by atoms with Crippen LogP contribution in [0.15, 0.2) is 12.2 Å². The van der Waals surface area contributed by atoms with Crippen molar-refractivity contribution in [3.63, 3.8) is 0 Å². The largest absolute Gasteiger partial charge is 0.309 e. The highest BCUT2D eigenvalue weighted by molar-refractivity contribution is 6.66. The van der Waals surface area contributed by atoms with Gasteiger partial charge in [-0.05, 0) is 31.5 Å². The molecule has 1 rings (SSSR count). The number of allylic oxidation sites excluding steroid dienone is 1. The molecule has 0 unspecified atom stereocenters. The van der Waals surface area contributed by atoms with Gasteiger partial charge in [-0.2, -0.15) is 0 Å². The standard InChI is InChI=1S/C10H17ClN2O/c1-8-6-13(7-9(2)12-8)5-3-4-10(11)14/h3-4,8-9,12H,5-7H2,1-2H3/b4-3+/t8-,9+. The number of rotatable bonds is 3. The molecule has 0 aromatic heterocycles. The van der Waals surface area contributed by atoms with E-state index in [1.165, 1.54) is 6.08 Å². The lowest BCUT2D eigenvalue weighted by Crippen LogP contribution is -2.54. The Morgan fingerprint density at radius 3 is 2.57 bits per heavy atom. The normalized spacial score (nSPS) is 29.6. The molecule has 0 aromatic carbocycles. The van der Waals surface area contributed by atoms with Crippen LogP contribution in [0.2, 0.25) is 0 Å². The molecule has 0 spiro atoms. The molecule has 14 heavy (non-hydrogen) atoms. The number of nitrogens with zero attached hydrogens (tertiary/aromatic N) is 1. The van der Waals surface area contributed by atoms with Crippen molar-refractivity contribution in [3.8, 4) is 0 Å². The Kier molecular flexibility index (Phi) is 4.58. The molecule has 1 heterocycles. The minimum atomic E-state index is -0.402. The summed E-state index contributed by atoms with van der Waals surface area (Å²) in [4.78, 5) is 12.8. The van der Waals surface area contributed by atoms with Crippen molar-refractivity contribution >= 4 is 16.8 Å². The molecular formula is C10H17ClN2O. The molecule has 1 fully saturated rings. The Morgan fingerprint density at radius 1 is 1.50 bits per heavy atom. The van der Waals surface area contributed by atoms with Gasteiger partial charge in [0.1, 0.15) is 0 Å². The summed E-state index contributed by atoms with van der Waals surface area (Å²) in [6.07, 6.45) is 3.24. The fourth-order valence-electron chi connectivity index (χ4n) is 1.88. The molecule has 1 aliphatic heterocycles. The minimum Gasteiger partial charge on any atom is -0.309 e. The lowest BCUT2D eigenvalue weighted by atomic mass is 10.1. The predicted molar refractivity (Wildman–Crippen MR) is 58.5 cm³/mol. The summed E-state index contributed by atoms with van der Waals surface area (Å²) in [5.41, 5.74) is 0. The topological polar surface area (TPSA) is 32.3 Å². The third-order valence-electron chi connectivity index (χ3n) is 2.25. The van der Waals surface area contributed by atoms with Gasteiger partial charge in [-0.25, -0.2) is 0 Å². The lowest BCUT2D eigenvalue weighted by molar-refractivity contribution is -0.107. The molecule has 0 amide bonds. The summed E-state index contributed by atoms with van der Waals surface area (Å²) in [5, 5.41) is 3.05. The zero-order valence-corrected chi connectivity index (χ0v) is 9.42.